The van der Waals surface area contributed by atoms with Crippen LogP contribution >= 0.6 is 11.3 Å². The van der Waals surface area contributed by atoms with Gasteiger partial charge in [0.25, 0.3) is 0 Å². The number of nitrogens with zero attached hydrogens (tertiary/aromatic N) is 2. The van der Waals surface area contributed by atoms with E-state index in [9.17, 15) is 4.79 Å². The van der Waals surface area contributed by atoms with Gasteiger partial charge < -0.3 is 4.90 Å². The normalized spacial score (nSPS) is 11.4. The number of amides is 2. The molecule has 1 heterocycles. The summed E-state index contributed by atoms with van der Waals surface area (Å²) in [6, 6.07) is -0.144. The van der Waals surface area contributed by atoms with Crippen LogP contribution in [0.3, 0.4) is 0 Å². The van der Waals surface area contributed by atoms with Gasteiger partial charge in [0.05, 0.1) is 5.69 Å². The molecule has 0 bridgehead atoms. The number of aromatic nitrogens is 1. The first-order valence-electron chi connectivity index (χ1n) is 5.18. The number of carbonyl (C=O) groups excluding carboxylic acids is 1. The highest BCUT2D eigenvalue weighted by molar-refractivity contribution is 7.16. The summed E-state index contributed by atoms with van der Waals surface area (Å²) in [7, 11) is 3.42. The first-order valence-corrected chi connectivity index (χ1v) is 5.99. The molecule has 1 N–H and O–H groups in total. The second-order valence-corrected chi connectivity index (χ2v) is 6.01. The Morgan fingerprint density at radius 2 is 1.94 bits per heavy atom. The van der Waals surface area contributed by atoms with E-state index in [1.165, 1.54) is 9.78 Å². The lowest BCUT2D eigenvalue weighted by molar-refractivity contribution is 0.230. The molecule has 0 radical (unpaired) electrons. The van der Waals surface area contributed by atoms with Gasteiger partial charge in [0.15, 0.2) is 5.13 Å². The Bertz CT molecular complexity index is 390. The van der Waals surface area contributed by atoms with Crippen molar-refractivity contribution in [1.82, 2.24) is 9.88 Å². The molecule has 0 aliphatic rings. The van der Waals surface area contributed by atoms with Crippen molar-refractivity contribution in [1.29, 1.82) is 0 Å². The second-order valence-electron chi connectivity index (χ2n) is 5.01. The van der Waals surface area contributed by atoms with Crippen LogP contribution in [0.15, 0.2) is 0 Å². The smallest absolute Gasteiger partial charge is 0.323 e. The number of anilines is 1. The van der Waals surface area contributed by atoms with Gasteiger partial charge >= 0.3 is 6.03 Å². The summed E-state index contributed by atoms with van der Waals surface area (Å²) in [4.78, 5) is 18.5. The fraction of sp³-hybridized carbons (Fsp3) is 0.636. The van der Waals surface area contributed by atoms with Gasteiger partial charge in [-0.15, -0.1) is 11.3 Å². The molecule has 0 saturated heterocycles. The standard InChI is InChI=1S/C11H19N3OS/c1-7-8(11(2,3)4)16-9(12-7)13-10(15)14(5)6/h1-6H3,(H,12,13,15). The van der Waals surface area contributed by atoms with Crippen molar-refractivity contribution in [2.24, 2.45) is 0 Å². The van der Waals surface area contributed by atoms with Gasteiger partial charge in [-0.05, 0) is 12.3 Å². The summed E-state index contributed by atoms with van der Waals surface area (Å²) in [5.41, 5.74) is 1.06. The van der Waals surface area contributed by atoms with Crippen LogP contribution in [0.4, 0.5) is 9.93 Å². The van der Waals surface area contributed by atoms with Gasteiger partial charge in [0.1, 0.15) is 0 Å². The Balaban J connectivity index is 2.90. The zero-order valence-corrected chi connectivity index (χ0v) is 11.5. The fourth-order valence-corrected chi connectivity index (χ4v) is 2.36. The maximum Gasteiger partial charge on any atom is 0.323 e. The number of urea groups is 1. The van der Waals surface area contributed by atoms with Crippen molar-refractivity contribution in [3.8, 4) is 0 Å². The van der Waals surface area contributed by atoms with Gasteiger partial charge in [-0.25, -0.2) is 9.78 Å². The number of aryl methyl sites for hydroxylation is 1. The molecule has 1 rings (SSSR count). The Hall–Kier alpha value is -1.10. The van der Waals surface area contributed by atoms with Gasteiger partial charge in [-0.2, -0.15) is 0 Å². The average Bonchev–Trinajstić information content (AvgIpc) is 2.45. The predicted molar refractivity (Wildman–Crippen MR) is 68.3 cm³/mol. The molecule has 0 aromatic carbocycles. The average molecular weight is 241 g/mol. The van der Waals surface area contributed by atoms with Crippen molar-refractivity contribution in [2.75, 3.05) is 19.4 Å². The van der Waals surface area contributed by atoms with Crippen molar-refractivity contribution >= 4 is 22.5 Å². The van der Waals surface area contributed by atoms with Crippen LogP contribution in [0, 0.1) is 6.92 Å². The molecular formula is C11H19N3OS. The second kappa shape index (κ2) is 4.41. The van der Waals surface area contributed by atoms with E-state index in [-0.39, 0.29) is 11.4 Å². The van der Waals surface area contributed by atoms with E-state index in [0.29, 0.717) is 5.13 Å². The third kappa shape index (κ3) is 2.95. The van der Waals surface area contributed by atoms with E-state index in [0.717, 1.165) is 5.69 Å². The molecule has 0 fully saturated rings. The van der Waals surface area contributed by atoms with E-state index in [1.54, 1.807) is 25.4 Å². The van der Waals surface area contributed by atoms with Crippen molar-refractivity contribution < 1.29 is 4.79 Å². The van der Waals surface area contributed by atoms with Crippen molar-refractivity contribution in [2.45, 2.75) is 33.1 Å². The number of hydrogen-bond donors (Lipinski definition) is 1. The van der Waals surface area contributed by atoms with E-state index in [2.05, 4.69) is 31.1 Å². The zero-order valence-electron chi connectivity index (χ0n) is 10.7. The number of thiazole rings is 1. The highest BCUT2D eigenvalue weighted by atomic mass is 32.1. The predicted octanol–water partition coefficient (Wildman–Crippen LogP) is 2.84. The largest absolute Gasteiger partial charge is 0.331 e. The molecule has 0 aliphatic carbocycles. The van der Waals surface area contributed by atoms with E-state index < -0.39 is 0 Å². The molecule has 2 amide bonds. The molecule has 5 heteroatoms. The van der Waals surface area contributed by atoms with Crippen LogP contribution in [-0.4, -0.2) is 30.0 Å². The summed E-state index contributed by atoms with van der Waals surface area (Å²) in [6.07, 6.45) is 0. The Labute approximate surface area is 101 Å². The lowest BCUT2D eigenvalue weighted by atomic mass is 9.94. The number of rotatable bonds is 1. The molecule has 0 spiro atoms. The topological polar surface area (TPSA) is 45.2 Å². The van der Waals surface area contributed by atoms with E-state index >= 15 is 0 Å². The molecule has 0 atom stereocenters. The van der Waals surface area contributed by atoms with Crippen LogP contribution in [0.2, 0.25) is 0 Å². The molecule has 0 saturated carbocycles. The van der Waals surface area contributed by atoms with Crippen LogP contribution in [0.1, 0.15) is 31.3 Å². The number of hydrogen-bond acceptors (Lipinski definition) is 3. The SMILES string of the molecule is Cc1nc(NC(=O)N(C)C)sc1C(C)(C)C. The van der Waals surface area contributed by atoms with Crippen LogP contribution < -0.4 is 5.32 Å². The molecule has 0 aliphatic heterocycles. The van der Waals surface area contributed by atoms with Gasteiger partial charge in [0, 0.05) is 19.0 Å². The first-order chi connectivity index (χ1) is 7.21. The van der Waals surface area contributed by atoms with Gasteiger partial charge in [-0.1, -0.05) is 20.8 Å². The molecular weight excluding hydrogens is 222 g/mol. The van der Waals surface area contributed by atoms with Crippen LogP contribution in [-0.2, 0) is 5.41 Å². The van der Waals surface area contributed by atoms with Crippen LogP contribution in [0.25, 0.3) is 0 Å². The summed E-state index contributed by atoms with van der Waals surface area (Å²) >= 11 is 1.54. The Kier molecular flexibility index (Phi) is 3.57. The lowest BCUT2D eigenvalue weighted by Crippen LogP contribution is -2.27. The quantitative estimate of drug-likeness (QED) is 0.821. The third-order valence-corrected chi connectivity index (χ3v) is 3.60. The van der Waals surface area contributed by atoms with Gasteiger partial charge in [0.2, 0.25) is 0 Å². The summed E-state index contributed by atoms with van der Waals surface area (Å²) in [5, 5.41) is 3.44. The van der Waals surface area contributed by atoms with Crippen LogP contribution in [0.5, 0.6) is 0 Å². The number of nitrogens with one attached hydrogen (secondary N) is 1. The lowest BCUT2D eigenvalue weighted by Gasteiger charge is -2.16. The number of carbonyl (C=O) groups is 1. The summed E-state index contributed by atoms with van der Waals surface area (Å²) in [5.74, 6) is 0. The molecule has 16 heavy (non-hydrogen) atoms. The third-order valence-electron chi connectivity index (χ3n) is 2.10. The maximum atomic E-state index is 11.5. The molecule has 0 unspecified atom stereocenters. The minimum atomic E-state index is -0.144. The molecule has 1 aromatic rings. The molecule has 90 valence electrons. The summed E-state index contributed by atoms with van der Waals surface area (Å²) in [6.45, 7) is 8.41. The monoisotopic (exact) mass is 241 g/mol. The minimum Gasteiger partial charge on any atom is -0.331 e. The molecule has 4 nitrogen and oxygen atoms in total. The minimum absolute atomic E-state index is 0.0723. The highest BCUT2D eigenvalue weighted by Gasteiger charge is 2.21. The van der Waals surface area contributed by atoms with Gasteiger partial charge in [-0.3, -0.25) is 5.32 Å². The van der Waals surface area contributed by atoms with Crippen molar-refractivity contribution in [3.63, 3.8) is 0 Å². The first kappa shape index (κ1) is 13.0. The highest BCUT2D eigenvalue weighted by Crippen LogP contribution is 2.33. The molecule has 1 aromatic heterocycles. The maximum absolute atomic E-state index is 11.5. The Morgan fingerprint density at radius 3 is 2.31 bits per heavy atom. The zero-order chi connectivity index (χ0) is 12.5. The summed E-state index contributed by atoms with van der Waals surface area (Å²) < 4.78 is 0. The van der Waals surface area contributed by atoms with Crippen molar-refractivity contribution in [3.05, 3.63) is 10.6 Å². The fourth-order valence-electron chi connectivity index (χ4n) is 1.35. The Morgan fingerprint density at radius 1 is 1.38 bits per heavy atom. The van der Waals surface area contributed by atoms with E-state index in [4.69, 9.17) is 0 Å². The van der Waals surface area contributed by atoms with E-state index in [1.807, 2.05) is 6.92 Å².